The molecule has 1 aliphatic rings. The maximum Gasteiger partial charge on any atom is 0.325 e. The predicted molar refractivity (Wildman–Crippen MR) is 119 cm³/mol. The van der Waals surface area contributed by atoms with Crippen molar-refractivity contribution in [3.8, 4) is 5.75 Å². The van der Waals surface area contributed by atoms with Crippen LogP contribution in [0.1, 0.15) is 23.6 Å². The van der Waals surface area contributed by atoms with E-state index in [1.54, 1.807) is 6.92 Å². The molecule has 1 aliphatic heterocycles. The standard InChI is InChI=1S/C25H26N2O4/c1-16-11-17(2)13-20(12-16)31-15-19(28)14-27-23(29)25(3,26-24(27)30)22-10-6-8-18-7-4-5-9-21(18)22/h4-13,19,28H,14-15H2,1-3H3,(H,26,30)/t19-,25+/m0/s1. The van der Waals surface area contributed by atoms with Crippen molar-refractivity contribution in [1.82, 2.24) is 10.2 Å². The molecule has 0 spiro atoms. The maximum atomic E-state index is 13.3. The lowest BCUT2D eigenvalue weighted by Crippen LogP contribution is -2.43. The van der Waals surface area contributed by atoms with E-state index in [-0.39, 0.29) is 19.1 Å². The van der Waals surface area contributed by atoms with Crippen LogP contribution in [0.2, 0.25) is 0 Å². The van der Waals surface area contributed by atoms with E-state index in [0.717, 1.165) is 32.4 Å². The molecule has 1 saturated heterocycles. The molecule has 2 atom stereocenters. The van der Waals surface area contributed by atoms with Crippen LogP contribution in [-0.4, -0.2) is 41.2 Å². The third-order valence-electron chi connectivity index (χ3n) is 5.63. The summed E-state index contributed by atoms with van der Waals surface area (Å²) in [5, 5.41) is 15.2. The SMILES string of the molecule is Cc1cc(C)cc(OC[C@@H](O)CN2C(=O)N[C@](C)(c3cccc4ccccc34)C2=O)c1. The first kappa shape index (κ1) is 20.9. The predicted octanol–water partition coefficient (Wildman–Crippen LogP) is 3.66. The number of amides is 3. The number of nitrogens with one attached hydrogen (secondary N) is 1. The molecule has 4 rings (SSSR count). The molecule has 0 radical (unpaired) electrons. The van der Waals surface area contributed by atoms with Crippen molar-refractivity contribution in [2.75, 3.05) is 13.2 Å². The van der Waals surface area contributed by atoms with Crippen molar-refractivity contribution < 1.29 is 19.4 Å². The molecule has 3 aromatic carbocycles. The Morgan fingerprint density at radius 2 is 1.71 bits per heavy atom. The van der Waals surface area contributed by atoms with Crippen LogP contribution in [0.25, 0.3) is 10.8 Å². The zero-order valence-electron chi connectivity index (χ0n) is 17.9. The van der Waals surface area contributed by atoms with Gasteiger partial charge in [-0.2, -0.15) is 0 Å². The molecule has 0 saturated carbocycles. The molecule has 0 aliphatic carbocycles. The monoisotopic (exact) mass is 418 g/mol. The lowest BCUT2D eigenvalue weighted by Gasteiger charge is -2.24. The molecule has 1 heterocycles. The number of carbonyl (C=O) groups excluding carboxylic acids is 2. The molecular weight excluding hydrogens is 392 g/mol. The fourth-order valence-corrected chi connectivity index (χ4v) is 4.18. The van der Waals surface area contributed by atoms with Gasteiger partial charge in [0.15, 0.2) is 0 Å². The first-order valence-electron chi connectivity index (χ1n) is 10.3. The molecule has 1 fully saturated rings. The van der Waals surface area contributed by atoms with Crippen LogP contribution in [0.4, 0.5) is 4.79 Å². The van der Waals surface area contributed by atoms with Gasteiger partial charge in [0.1, 0.15) is 24.0 Å². The number of carbonyl (C=O) groups is 2. The van der Waals surface area contributed by atoms with Crippen LogP contribution in [0.5, 0.6) is 5.75 Å². The maximum absolute atomic E-state index is 13.3. The molecule has 160 valence electrons. The highest BCUT2D eigenvalue weighted by atomic mass is 16.5. The number of fused-ring (bicyclic) bond motifs is 1. The van der Waals surface area contributed by atoms with E-state index in [1.165, 1.54) is 0 Å². The van der Waals surface area contributed by atoms with Crippen LogP contribution in [0, 0.1) is 13.8 Å². The summed E-state index contributed by atoms with van der Waals surface area (Å²) in [7, 11) is 0. The van der Waals surface area contributed by atoms with Crippen molar-refractivity contribution in [3.63, 3.8) is 0 Å². The highest BCUT2D eigenvalue weighted by Crippen LogP contribution is 2.33. The molecular formula is C25H26N2O4. The quantitative estimate of drug-likeness (QED) is 0.599. The molecule has 0 bridgehead atoms. The fraction of sp³-hybridized carbons (Fsp3) is 0.280. The molecule has 3 aromatic rings. The van der Waals surface area contributed by atoms with Gasteiger partial charge in [-0.05, 0) is 60.4 Å². The number of hydrogen-bond donors (Lipinski definition) is 2. The fourth-order valence-electron chi connectivity index (χ4n) is 4.18. The Morgan fingerprint density at radius 1 is 1.03 bits per heavy atom. The number of urea groups is 1. The van der Waals surface area contributed by atoms with Gasteiger partial charge in [-0.25, -0.2) is 4.79 Å². The van der Waals surface area contributed by atoms with Crippen molar-refractivity contribution in [2.45, 2.75) is 32.4 Å². The first-order valence-corrected chi connectivity index (χ1v) is 10.3. The van der Waals surface area contributed by atoms with Crippen LogP contribution >= 0.6 is 0 Å². The van der Waals surface area contributed by atoms with Crippen LogP contribution in [0.3, 0.4) is 0 Å². The van der Waals surface area contributed by atoms with Crippen LogP contribution in [0.15, 0.2) is 60.7 Å². The third-order valence-corrected chi connectivity index (χ3v) is 5.63. The number of aliphatic hydroxyl groups excluding tert-OH is 1. The molecule has 0 unspecified atom stereocenters. The summed E-state index contributed by atoms with van der Waals surface area (Å²) in [4.78, 5) is 27.0. The van der Waals surface area contributed by atoms with Gasteiger partial charge in [0.05, 0.1) is 6.54 Å². The average molecular weight is 418 g/mol. The highest BCUT2D eigenvalue weighted by Gasteiger charge is 2.49. The molecule has 6 nitrogen and oxygen atoms in total. The minimum absolute atomic E-state index is 0.0229. The first-order chi connectivity index (χ1) is 14.8. The summed E-state index contributed by atoms with van der Waals surface area (Å²) >= 11 is 0. The Balaban J connectivity index is 1.50. The Bertz CT molecular complexity index is 1130. The Labute approximate surface area is 181 Å². The number of rotatable bonds is 6. The molecule has 6 heteroatoms. The van der Waals surface area contributed by atoms with E-state index >= 15 is 0 Å². The lowest BCUT2D eigenvalue weighted by molar-refractivity contribution is -0.132. The van der Waals surface area contributed by atoms with E-state index in [9.17, 15) is 14.7 Å². The van der Waals surface area contributed by atoms with E-state index in [2.05, 4.69) is 5.32 Å². The summed E-state index contributed by atoms with van der Waals surface area (Å²) in [6, 6.07) is 18.7. The molecule has 3 amide bonds. The topological polar surface area (TPSA) is 78.9 Å². The summed E-state index contributed by atoms with van der Waals surface area (Å²) in [5.74, 6) is 0.258. The van der Waals surface area contributed by atoms with Crippen LogP contribution < -0.4 is 10.1 Å². The number of aliphatic hydroxyl groups is 1. The summed E-state index contributed by atoms with van der Waals surface area (Å²) < 4.78 is 5.68. The molecule has 2 N–H and O–H groups in total. The Hall–Kier alpha value is -3.38. The van der Waals surface area contributed by atoms with Gasteiger partial charge in [-0.3, -0.25) is 9.69 Å². The zero-order chi connectivity index (χ0) is 22.2. The Morgan fingerprint density at radius 3 is 2.45 bits per heavy atom. The van der Waals surface area contributed by atoms with Gasteiger partial charge >= 0.3 is 6.03 Å². The number of β-amino-alcohol motifs (C(OH)–C–C–N with tert-alkyl or cyclic N) is 1. The van der Waals surface area contributed by atoms with Gasteiger partial charge in [0.2, 0.25) is 0 Å². The number of ether oxygens (including phenoxy) is 1. The Kier molecular flexibility index (Phi) is 5.41. The normalized spacial score (nSPS) is 19.5. The van der Waals surface area contributed by atoms with E-state index < -0.39 is 17.7 Å². The average Bonchev–Trinajstić information content (AvgIpc) is 2.95. The van der Waals surface area contributed by atoms with Crippen molar-refractivity contribution in [1.29, 1.82) is 0 Å². The summed E-state index contributed by atoms with van der Waals surface area (Å²) in [6.45, 7) is 5.48. The number of nitrogens with zero attached hydrogens (tertiary/aromatic N) is 1. The third kappa shape index (κ3) is 3.99. The molecule has 0 aromatic heterocycles. The van der Waals surface area contributed by atoms with Crippen molar-refractivity contribution in [2.24, 2.45) is 0 Å². The van der Waals surface area contributed by atoms with E-state index in [4.69, 9.17) is 4.74 Å². The van der Waals surface area contributed by atoms with Gasteiger partial charge in [0, 0.05) is 0 Å². The van der Waals surface area contributed by atoms with E-state index in [0.29, 0.717) is 5.75 Å². The second kappa shape index (κ2) is 8.04. The molecule has 31 heavy (non-hydrogen) atoms. The lowest BCUT2D eigenvalue weighted by atomic mass is 9.88. The second-order valence-corrected chi connectivity index (χ2v) is 8.29. The highest BCUT2D eigenvalue weighted by molar-refractivity contribution is 6.09. The number of imide groups is 1. The largest absolute Gasteiger partial charge is 0.491 e. The number of hydrogen-bond acceptors (Lipinski definition) is 4. The minimum atomic E-state index is -1.20. The summed E-state index contributed by atoms with van der Waals surface area (Å²) in [5.41, 5.74) is 1.65. The van der Waals surface area contributed by atoms with Gasteiger partial charge in [-0.15, -0.1) is 0 Å². The zero-order valence-corrected chi connectivity index (χ0v) is 17.9. The van der Waals surface area contributed by atoms with Gasteiger partial charge < -0.3 is 15.2 Å². The smallest absolute Gasteiger partial charge is 0.325 e. The van der Waals surface area contributed by atoms with Crippen molar-refractivity contribution in [3.05, 3.63) is 77.4 Å². The van der Waals surface area contributed by atoms with E-state index in [1.807, 2.05) is 74.5 Å². The van der Waals surface area contributed by atoms with Crippen LogP contribution in [-0.2, 0) is 10.3 Å². The summed E-state index contributed by atoms with van der Waals surface area (Å²) in [6.07, 6.45) is -1.01. The number of benzene rings is 3. The van der Waals surface area contributed by atoms with Crippen molar-refractivity contribution >= 4 is 22.7 Å². The number of aryl methyl sites for hydroxylation is 2. The second-order valence-electron chi connectivity index (χ2n) is 8.29. The minimum Gasteiger partial charge on any atom is -0.491 e. The van der Waals surface area contributed by atoms with Gasteiger partial charge in [0.25, 0.3) is 5.91 Å². The van der Waals surface area contributed by atoms with Gasteiger partial charge in [-0.1, -0.05) is 48.5 Å².